The zero-order valence-electron chi connectivity index (χ0n) is 11.9. The van der Waals surface area contributed by atoms with E-state index in [1.807, 2.05) is 25.8 Å². The molecule has 0 spiro atoms. The van der Waals surface area contributed by atoms with Gasteiger partial charge in [0.25, 0.3) is 0 Å². The molecule has 0 bridgehead atoms. The molecule has 1 heterocycles. The highest BCUT2D eigenvalue weighted by molar-refractivity contribution is 5.27. The molecule has 0 aliphatic heterocycles. The second-order valence-corrected chi connectivity index (χ2v) is 4.68. The summed E-state index contributed by atoms with van der Waals surface area (Å²) in [5, 5.41) is 11.3. The molecule has 0 saturated heterocycles. The van der Waals surface area contributed by atoms with Crippen LogP contribution in [0.3, 0.4) is 0 Å². The molecule has 5 nitrogen and oxygen atoms in total. The van der Waals surface area contributed by atoms with Crippen LogP contribution in [0.25, 0.3) is 0 Å². The minimum Gasteiger partial charge on any atom is -0.406 e. The average molecular weight is 278 g/mol. The number of nitrogens with one attached hydrogen (secondary N) is 1. The van der Waals surface area contributed by atoms with E-state index in [4.69, 9.17) is 4.42 Å². The first-order valence-electron chi connectivity index (χ1n) is 6.62. The fraction of sp³-hybridized carbons (Fsp3) is 0.429. The average Bonchev–Trinajstić information content (AvgIpc) is 2.91. The van der Waals surface area contributed by atoms with Crippen LogP contribution in [0, 0.1) is 5.82 Å². The van der Waals surface area contributed by atoms with Gasteiger partial charge in [-0.2, -0.15) is 0 Å². The maximum Gasteiger partial charge on any atom is 0.318 e. The molecule has 1 aromatic carbocycles. The van der Waals surface area contributed by atoms with Gasteiger partial charge in [-0.1, -0.05) is 24.2 Å². The van der Waals surface area contributed by atoms with Gasteiger partial charge in [-0.15, -0.1) is 5.10 Å². The maximum atomic E-state index is 12.9. The summed E-state index contributed by atoms with van der Waals surface area (Å²) in [6.07, 6.45) is 0. The Hall–Kier alpha value is -1.95. The zero-order valence-corrected chi connectivity index (χ0v) is 11.9. The van der Waals surface area contributed by atoms with Crippen LogP contribution in [0.1, 0.15) is 31.3 Å². The van der Waals surface area contributed by atoms with E-state index in [1.165, 1.54) is 12.1 Å². The Balaban J connectivity index is 2.02. The van der Waals surface area contributed by atoms with Crippen LogP contribution in [0.2, 0.25) is 0 Å². The molecule has 0 aliphatic carbocycles. The topological polar surface area (TPSA) is 54.2 Å². The number of hydrogen-bond donors (Lipinski definition) is 1. The molecule has 1 unspecified atom stereocenters. The van der Waals surface area contributed by atoms with Crippen LogP contribution in [-0.4, -0.2) is 23.8 Å². The van der Waals surface area contributed by atoms with E-state index in [9.17, 15) is 4.39 Å². The molecular weight excluding hydrogens is 259 g/mol. The van der Waals surface area contributed by atoms with E-state index in [1.54, 1.807) is 12.1 Å². The number of hydrogen-bond acceptors (Lipinski definition) is 5. The first-order valence-corrected chi connectivity index (χ1v) is 6.62. The van der Waals surface area contributed by atoms with E-state index < -0.39 is 0 Å². The van der Waals surface area contributed by atoms with E-state index in [2.05, 4.69) is 15.5 Å². The van der Waals surface area contributed by atoms with Crippen LogP contribution in [-0.2, 0) is 6.54 Å². The van der Waals surface area contributed by atoms with Crippen molar-refractivity contribution in [2.75, 3.05) is 18.5 Å². The van der Waals surface area contributed by atoms with Gasteiger partial charge >= 0.3 is 6.01 Å². The molecule has 1 atom stereocenters. The summed E-state index contributed by atoms with van der Waals surface area (Å²) in [5.74, 6) is 0.323. The minimum atomic E-state index is -0.240. The Kier molecular flexibility index (Phi) is 4.68. The molecule has 0 saturated carbocycles. The quantitative estimate of drug-likeness (QED) is 0.880. The van der Waals surface area contributed by atoms with Gasteiger partial charge in [0.15, 0.2) is 0 Å². The predicted molar refractivity (Wildman–Crippen MR) is 74.9 cm³/mol. The minimum absolute atomic E-state index is 0.0282. The Morgan fingerprint density at radius 3 is 2.65 bits per heavy atom. The summed E-state index contributed by atoms with van der Waals surface area (Å²) in [7, 11) is 1.86. The van der Waals surface area contributed by atoms with Gasteiger partial charge in [0.1, 0.15) is 5.82 Å². The highest BCUT2D eigenvalue weighted by Crippen LogP contribution is 2.18. The summed E-state index contributed by atoms with van der Waals surface area (Å²) < 4.78 is 18.5. The SMILES string of the molecule is CCNC(C)c1nnc(N(C)Cc2ccc(F)cc2)o1. The number of nitrogens with zero attached hydrogens (tertiary/aromatic N) is 3. The molecule has 0 radical (unpaired) electrons. The van der Waals surface area contributed by atoms with Crippen LogP contribution in [0.15, 0.2) is 28.7 Å². The smallest absolute Gasteiger partial charge is 0.318 e. The zero-order chi connectivity index (χ0) is 14.5. The van der Waals surface area contributed by atoms with Crippen LogP contribution < -0.4 is 10.2 Å². The lowest BCUT2D eigenvalue weighted by atomic mass is 10.2. The Morgan fingerprint density at radius 1 is 1.30 bits per heavy atom. The largest absolute Gasteiger partial charge is 0.406 e. The number of halogens is 1. The van der Waals surface area contributed by atoms with Gasteiger partial charge in [-0.25, -0.2) is 4.39 Å². The molecule has 20 heavy (non-hydrogen) atoms. The fourth-order valence-corrected chi connectivity index (χ4v) is 1.88. The monoisotopic (exact) mass is 278 g/mol. The lowest BCUT2D eigenvalue weighted by Crippen LogP contribution is -2.18. The van der Waals surface area contributed by atoms with E-state index >= 15 is 0 Å². The van der Waals surface area contributed by atoms with Crippen LogP contribution in [0.5, 0.6) is 0 Å². The van der Waals surface area contributed by atoms with Crippen molar-refractivity contribution in [3.63, 3.8) is 0 Å². The normalized spacial score (nSPS) is 12.4. The summed E-state index contributed by atoms with van der Waals surface area (Å²) in [5.41, 5.74) is 0.980. The van der Waals surface area contributed by atoms with Crippen molar-refractivity contribution in [1.82, 2.24) is 15.5 Å². The van der Waals surface area contributed by atoms with Crippen molar-refractivity contribution >= 4 is 6.01 Å². The summed E-state index contributed by atoms with van der Waals surface area (Å²) in [4.78, 5) is 1.84. The van der Waals surface area contributed by atoms with Crippen molar-refractivity contribution in [1.29, 1.82) is 0 Å². The Labute approximate surface area is 117 Å². The first-order chi connectivity index (χ1) is 9.60. The molecule has 1 N–H and O–H groups in total. The number of rotatable bonds is 6. The highest BCUT2D eigenvalue weighted by Gasteiger charge is 2.15. The van der Waals surface area contributed by atoms with Crippen molar-refractivity contribution < 1.29 is 8.81 Å². The number of anilines is 1. The Morgan fingerprint density at radius 2 is 2.00 bits per heavy atom. The molecule has 6 heteroatoms. The highest BCUT2D eigenvalue weighted by atomic mass is 19.1. The molecular formula is C14H19FN4O. The van der Waals surface area contributed by atoms with Crippen molar-refractivity contribution in [2.24, 2.45) is 0 Å². The predicted octanol–water partition coefficient (Wildman–Crippen LogP) is 2.52. The third kappa shape index (κ3) is 3.54. The first kappa shape index (κ1) is 14.5. The van der Waals surface area contributed by atoms with Crippen molar-refractivity contribution in [3.05, 3.63) is 41.5 Å². The molecule has 0 aliphatic rings. The van der Waals surface area contributed by atoms with Crippen molar-refractivity contribution in [3.8, 4) is 0 Å². The van der Waals surface area contributed by atoms with Crippen LogP contribution in [0.4, 0.5) is 10.4 Å². The molecule has 2 aromatic rings. The molecule has 0 amide bonds. The maximum absolute atomic E-state index is 12.9. The molecule has 2 rings (SSSR count). The van der Waals surface area contributed by atoms with Crippen molar-refractivity contribution in [2.45, 2.75) is 26.4 Å². The second kappa shape index (κ2) is 6.47. The second-order valence-electron chi connectivity index (χ2n) is 4.68. The van der Waals surface area contributed by atoms with Gasteiger partial charge in [0.2, 0.25) is 5.89 Å². The fourth-order valence-electron chi connectivity index (χ4n) is 1.88. The van der Waals surface area contributed by atoms with Gasteiger partial charge in [-0.3, -0.25) is 0 Å². The van der Waals surface area contributed by atoms with E-state index in [0.717, 1.165) is 12.1 Å². The molecule has 1 aromatic heterocycles. The summed E-state index contributed by atoms with van der Waals surface area (Å²) in [6.45, 7) is 5.41. The molecule has 108 valence electrons. The van der Waals surface area contributed by atoms with E-state index in [-0.39, 0.29) is 11.9 Å². The third-order valence-electron chi connectivity index (χ3n) is 2.97. The molecule has 0 fully saturated rings. The standard InChI is InChI=1S/C14H19FN4O/c1-4-16-10(2)13-17-18-14(20-13)19(3)9-11-5-7-12(15)8-6-11/h5-8,10,16H,4,9H2,1-3H3. The Bertz CT molecular complexity index is 540. The van der Waals surface area contributed by atoms with Crippen LogP contribution >= 0.6 is 0 Å². The van der Waals surface area contributed by atoms with Gasteiger partial charge < -0.3 is 14.6 Å². The van der Waals surface area contributed by atoms with Gasteiger partial charge in [0.05, 0.1) is 6.04 Å². The number of benzene rings is 1. The van der Waals surface area contributed by atoms with Gasteiger partial charge in [0, 0.05) is 13.6 Å². The van der Waals surface area contributed by atoms with Gasteiger partial charge in [-0.05, 0) is 31.2 Å². The lowest BCUT2D eigenvalue weighted by molar-refractivity contribution is 0.421. The van der Waals surface area contributed by atoms with E-state index in [0.29, 0.717) is 18.5 Å². The summed E-state index contributed by atoms with van der Waals surface area (Å²) >= 11 is 0. The summed E-state index contributed by atoms with van der Waals surface area (Å²) in [6, 6.07) is 6.84. The number of aromatic nitrogens is 2. The third-order valence-corrected chi connectivity index (χ3v) is 2.97. The lowest BCUT2D eigenvalue weighted by Gasteiger charge is -2.14.